The number of nitrogens with one attached hydrogen (secondary N) is 2. The Balaban J connectivity index is 1.74. The first-order valence-corrected chi connectivity index (χ1v) is 8.31. The Morgan fingerprint density at radius 2 is 2.04 bits per heavy atom. The molecule has 1 amide bonds. The Kier molecular flexibility index (Phi) is 5.35. The van der Waals surface area contributed by atoms with E-state index in [1.54, 1.807) is 19.4 Å². The number of hydrogen-bond donors (Lipinski definition) is 2. The lowest BCUT2D eigenvalue weighted by atomic mass is 10.1. The van der Waals surface area contributed by atoms with Crippen LogP contribution < -0.4 is 10.1 Å². The zero-order valence-corrected chi connectivity index (χ0v) is 14.5. The van der Waals surface area contributed by atoms with E-state index in [9.17, 15) is 10.1 Å². The maximum atomic E-state index is 12.3. The number of carbonyl (C=O) groups excluding carboxylic acids is 1. The van der Waals surface area contributed by atoms with Gasteiger partial charge in [0.15, 0.2) is 0 Å². The SMILES string of the molecule is COc1cccc2c(C=C(C#N)C(=O)NCCc3ccccc3)c[nH]c12. The molecule has 0 aliphatic rings. The van der Waals surface area contributed by atoms with Crippen molar-refractivity contribution < 1.29 is 9.53 Å². The van der Waals surface area contributed by atoms with Crippen LogP contribution in [0.25, 0.3) is 17.0 Å². The predicted molar refractivity (Wildman–Crippen MR) is 102 cm³/mol. The molecule has 0 aliphatic heterocycles. The summed E-state index contributed by atoms with van der Waals surface area (Å²) >= 11 is 0. The normalized spacial score (nSPS) is 11.2. The van der Waals surface area contributed by atoms with Gasteiger partial charge in [-0.25, -0.2) is 0 Å². The molecule has 0 atom stereocenters. The van der Waals surface area contributed by atoms with Gasteiger partial charge in [-0.2, -0.15) is 5.26 Å². The lowest BCUT2D eigenvalue weighted by Gasteiger charge is -2.04. The van der Waals surface area contributed by atoms with Crippen LogP contribution >= 0.6 is 0 Å². The molecule has 3 aromatic rings. The number of nitriles is 1. The topological polar surface area (TPSA) is 77.9 Å². The van der Waals surface area contributed by atoms with E-state index in [0.29, 0.717) is 12.3 Å². The lowest BCUT2D eigenvalue weighted by molar-refractivity contribution is -0.117. The maximum Gasteiger partial charge on any atom is 0.261 e. The van der Waals surface area contributed by atoms with Crippen molar-refractivity contribution in [3.63, 3.8) is 0 Å². The average molecular weight is 345 g/mol. The third kappa shape index (κ3) is 3.76. The molecule has 2 aromatic carbocycles. The van der Waals surface area contributed by atoms with Gasteiger partial charge in [0.2, 0.25) is 0 Å². The minimum absolute atomic E-state index is 0.0711. The largest absolute Gasteiger partial charge is 0.495 e. The van der Waals surface area contributed by atoms with Crippen molar-refractivity contribution in [3.05, 3.63) is 71.4 Å². The predicted octanol–water partition coefficient (Wildman–Crippen LogP) is 3.44. The van der Waals surface area contributed by atoms with Crippen molar-refractivity contribution >= 4 is 22.9 Å². The highest BCUT2D eigenvalue weighted by molar-refractivity contribution is 6.04. The van der Waals surface area contributed by atoms with Crippen LogP contribution in [0.3, 0.4) is 0 Å². The third-order valence-electron chi connectivity index (χ3n) is 4.14. The number of amides is 1. The number of benzene rings is 2. The molecule has 0 fully saturated rings. The molecule has 0 bridgehead atoms. The summed E-state index contributed by atoms with van der Waals surface area (Å²) in [6.45, 7) is 0.476. The second-order valence-electron chi connectivity index (χ2n) is 5.79. The molecule has 1 aromatic heterocycles. The van der Waals surface area contributed by atoms with Crippen molar-refractivity contribution in [3.8, 4) is 11.8 Å². The number of methoxy groups -OCH3 is 1. The van der Waals surface area contributed by atoms with Gasteiger partial charge >= 0.3 is 0 Å². The summed E-state index contributed by atoms with van der Waals surface area (Å²) in [7, 11) is 1.60. The first kappa shape index (κ1) is 17.3. The van der Waals surface area contributed by atoms with Crippen molar-refractivity contribution in [1.29, 1.82) is 5.26 Å². The first-order valence-electron chi connectivity index (χ1n) is 8.31. The van der Waals surface area contributed by atoms with E-state index < -0.39 is 0 Å². The summed E-state index contributed by atoms with van der Waals surface area (Å²) in [5.41, 5.74) is 2.82. The van der Waals surface area contributed by atoms with Crippen molar-refractivity contribution in [2.75, 3.05) is 13.7 Å². The first-order chi connectivity index (χ1) is 12.7. The van der Waals surface area contributed by atoms with Gasteiger partial charge in [-0.1, -0.05) is 42.5 Å². The summed E-state index contributed by atoms with van der Waals surface area (Å²) in [6.07, 6.45) is 4.08. The van der Waals surface area contributed by atoms with Crippen molar-refractivity contribution in [1.82, 2.24) is 10.3 Å². The van der Waals surface area contributed by atoms with Crippen LogP contribution in [0.5, 0.6) is 5.75 Å². The number of rotatable bonds is 6. The fraction of sp³-hybridized carbons (Fsp3) is 0.143. The highest BCUT2D eigenvalue weighted by Crippen LogP contribution is 2.28. The number of H-pyrrole nitrogens is 1. The van der Waals surface area contributed by atoms with Gasteiger partial charge in [-0.15, -0.1) is 0 Å². The lowest BCUT2D eigenvalue weighted by Crippen LogP contribution is -2.26. The van der Waals surface area contributed by atoms with E-state index in [1.165, 1.54) is 0 Å². The van der Waals surface area contributed by atoms with Crippen LogP contribution in [0, 0.1) is 11.3 Å². The van der Waals surface area contributed by atoms with E-state index >= 15 is 0 Å². The van der Waals surface area contributed by atoms with Crippen molar-refractivity contribution in [2.24, 2.45) is 0 Å². The zero-order chi connectivity index (χ0) is 18.4. The number of carbonyl (C=O) groups is 1. The van der Waals surface area contributed by atoms with Gasteiger partial charge < -0.3 is 15.0 Å². The fourth-order valence-corrected chi connectivity index (χ4v) is 2.80. The summed E-state index contributed by atoms with van der Waals surface area (Å²) < 4.78 is 5.32. The Labute approximate surface area is 151 Å². The van der Waals surface area contributed by atoms with Crippen LogP contribution in [0.2, 0.25) is 0 Å². The quantitative estimate of drug-likeness (QED) is 0.531. The molecule has 0 unspecified atom stereocenters. The molecule has 130 valence electrons. The molecule has 26 heavy (non-hydrogen) atoms. The number of fused-ring (bicyclic) bond motifs is 1. The van der Waals surface area contributed by atoms with Crippen LogP contribution in [0.15, 0.2) is 60.3 Å². The smallest absolute Gasteiger partial charge is 0.261 e. The second kappa shape index (κ2) is 8.04. The number of aromatic nitrogens is 1. The minimum Gasteiger partial charge on any atom is -0.495 e. The Bertz CT molecular complexity index is 981. The minimum atomic E-state index is -0.374. The molecular weight excluding hydrogens is 326 g/mol. The number of hydrogen-bond acceptors (Lipinski definition) is 3. The van der Waals surface area contributed by atoms with Crippen LogP contribution in [-0.2, 0) is 11.2 Å². The van der Waals surface area contributed by atoms with Gasteiger partial charge in [-0.05, 0) is 24.1 Å². The highest BCUT2D eigenvalue weighted by atomic mass is 16.5. The zero-order valence-electron chi connectivity index (χ0n) is 14.5. The molecule has 2 N–H and O–H groups in total. The van der Waals surface area contributed by atoms with Crippen molar-refractivity contribution in [2.45, 2.75) is 6.42 Å². The monoisotopic (exact) mass is 345 g/mol. The number of aromatic amines is 1. The van der Waals surface area contributed by atoms with Crippen LogP contribution in [0.1, 0.15) is 11.1 Å². The number of nitrogens with zero attached hydrogens (tertiary/aromatic N) is 1. The molecule has 3 rings (SSSR count). The van der Waals surface area contributed by atoms with Gasteiger partial charge in [0.1, 0.15) is 17.4 Å². The molecule has 0 saturated carbocycles. The average Bonchev–Trinajstić information content (AvgIpc) is 3.09. The van der Waals surface area contributed by atoms with E-state index in [2.05, 4.69) is 10.3 Å². The molecule has 1 heterocycles. The van der Waals surface area contributed by atoms with Crippen LogP contribution in [0.4, 0.5) is 0 Å². The molecule has 0 radical (unpaired) electrons. The molecule has 0 aliphatic carbocycles. The van der Waals surface area contributed by atoms with Crippen LogP contribution in [-0.4, -0.2) is 24.5 Å². The Hall–Kier alpha value is -3.52. The molecule has 0 saturated heterocycles. The summed E-state index contributed by atoms with van der Waals surface area (Å²) in [5, 5.41) is 13.1. The summed E-state index contributed by atoms with van der Waals surface area (Å²) in [4.78, 5) is 15.4. The van der Waals surface area contributed by atoms with E-state index in [1.807, 2.05) is 54.6 Å². The highest BCUT2D eigenvalue weighted by Gasteiger charge is 2.11. The third-order valence-corrected chi connectivity index (χ3v) is 4.14. The molecular formula is C21H19N3O2. The Morgan fingerprint density at radius 1 is 1.23 bits per heavy atom. The maximum absolute atomic E-state index is 12.3. The standard InChI is InChI=1S/C21H19N3O2/c1-26-19-9-5-8-18-17(14-24-20(18)19)12-16(13-22)21(25)23-11-10-15-6-3-2-4-7-15/h2-9,12,14,24H,10-11H2,1H3,(H,23,25). The second-order valence-corrected chi connectivity index (χ2v) is 5.79. The van der Waals surface area contributed by atoms with Gasteiger partial charge in [0, 0.05) is 23.7 Å². The Morgan fingerprint density at radius 3 is 2.77 bits per heavy atom. The molecule has 0 spiro atoms. The summed E-state index contributed by atoms with van der Waals surface area (Å²) in [6, 6.07) is 17.5. The van der Waals surface area contributed by atoms with E-state index in [4.69, 9.17) is 4.74 Å². The van der Waals surface area contributed by atoms with Gasteiger partial charge in [-0.3, -0.25) is 4.79 Å². The van der Waals surface area contributed by atoms with E-state index in [-0.39, 0.29) is 11.5 Å². The van der Waals surface area contributed by atoms with Gasteiger partial charge in [0.05, 0.1) is 12.6 Å². The van der Waals surface area contributed by atoms with E-state index in [0.717, 1.165) is 28.5 Å². The summed E-state index contributed by atoms with van der Waals surface area (Å²) in [5.74, 6) is 0.341. The fourth-order valence-electron chi connectivity index (χ4n) is 2.80. The number of ether oxygens (including phenoxy) is 1. The molecule has 5 nitrogen and oxygen atoms in total. The number of para-hydroxylation sites is 1. The molecule has 5 heteroatoms. The van der Waals surface area contributed by atoms with Gasteiger partial charge in [0.25, 0.3) is 5.91 Å².